The summed E-state index contributed by atoms with van der Waals surface area (Å²) < 4.78 is 29.0. The van der Waals surface area contributed by atoms with Crippen LogP contribution in [0.25, 0.3) is 0 Å². The highest BCUT2D eigenvalue weighted by Gasteiger charge is 2.33. The molecule has 1 atom stereocenters. The van der Waals surface area contributed by atoms with Gasteiger partial charge in [-0.1, -0.05) is 86.4 Å². The van der Waals surface area contributed by atoms with Crippen molar-refractivity contribution in [1.29, 1.82) is 0 Å². The molecule has 214 valence electrons. The molecule has 0 aliphatic heterocycles. The number of hydrogen-bond donors (Lipinski definition) is 1. The van der Waals surface area contributed by atoms with Gasteiger partial charge in [-0.05, 0) is 60.7 Å². The zero-order chi connectivity index (χ0) is 29.4. The first-order valence-electron chi connectivity index (χ1n) is 13.1. The highest BCUT2D eigenvalue weighted by Crippen LogP contribution is 2.29. The molecule has 0 heterocycles. The summed E-state index contributed by atoms with van der Waals surface area (Å²) in [5.41, 5.74) is 1.83. The number of amides is 2. The van der Waals surface area contributed by atoms with Gasteiger partial charge in [-0.25, -0.2) is 8.42 Å². The predicted octanol–water partition coefficient (Wildman–Crippen LogP) is 5.94. The minimum absolute atomic E-state index is 0.0284. The Morgan fingerprint density at radius 2 is 1.55 bits per heavy atom. The molecule has 0 aliphatic rings. The molecule has 0 bridgehead atoms. The Morgan fingerprint density at radius 3 is 2.17 bits per heavy atom. The fraction of sp³-hybridized carbons (Fsp3) is 0.333. The van der Waals surface area contributed by atoms with E-state index >= 15 is 0 Å². The van der Waals surface area contributed by atoms with Crippen molar-refractivity contribution in [1.82, 2.24) is 10.2 Å². The topological polar surface area (TPSA) is 86.8 Å². The molecule has 2 amide bonds. The minimum atomic E-state index is -4.12. The van der Waals surface area contributed by atoms with Crippen LogP contribution in [0.3, 0.4) is 0 Å². The lowest BCUT2D eigenvalue weighted by molar-refractivity contribution is -0.139. The lowest BCUT2D eigenvalue weighted by Crippen LogP contribution is -2.51. The van der Waals surface area contributed by atoms with Crippen molar-refractivity contribution in [3.8, 4) is 0 Å². The highest BCUT2D eigenvalue weighted by atomic mass is 35.5. The first-order chi connectivity index (χ1) is 18.9. The van der Waals surface area contributed by atoms with E-state index in [2.05, 4.69) is 5.32 Å². The third kappa shape index (κ3) is 7.77. The van der Waals surface area contributed by atoms with Crippen LogP contribution in [0.5, 0.6) is 0 Å². The molecule has 3 rings (SSSR count). The fourth-order valence-corrected chi connectivity index (χ4v) is 5.95. The average molecular weight is 605 g/mol. The summed E-state index contributed by atoms with van der Waals surface area (Å²) in [4.78, 5) is 28.6. The number of rotatable bonds is 12. The highest BCUT2D eigenvalue weighted by molar-refractivity contribution is 7.92. The largest absolute Gasteiger partial charge is 0.354 e. The van der Waals surface area contributed by atoms with Crippen LogP contribution in [0.15, 0.2) is 77.7 Å². The summed E-state index contributed by atoms with van der Waals surface area (Å²) in [5, 5.41) is 3.55. The Kier molecular flexibility index (Phi) is 11.0. The SMILES string of the molecule is CCc1ccccc1N(CC(=O)N(Cc1ccc(Cl)c(Cl)c1)[C@H](C)C(=O)NCC(C)C)S(=O)(=O)c1ccccc1. The molecule has 1 N–H and O–H groups in total. The van der Waals surface area contributed by atoms with Crippen LogP contribution in [0.2, 0.25) is 10.0 Å². The van der Waals surface area contributed by atoms with Crippen LogP contribution in [0.4, 0.5) is 5.69 Å². The molecule has 0 fully saturated rings. The van der Waals surface area contributed by atoms with Crippen LogP contribution >= 0.6 is 23.2 Å². The van der Waals surface area contributed by atoms with Gasteiger partial charge in [-0.2, -0.15) is 0 Å². The molecule has 0 saturated carbocycles. The van der Waals surface area contributed by atoms with E-state index in [0.717, 1.165) is 9.87 Å². The first-order valence-corrected chi connectivity index (χ1v) is 15.3. The Balaban J connectivity index is 2.05. The number of para-hydroxylation sites is 1. The number of nitrogens with zero attached hydrogens (tertiary/aromatic N) is 2. The lowest BCUT2D eigenvalue weighted by Gasteiger charge is -2.32. The van der Waals surface area contributed by atoms with E-state index in [-0.39, 0.29) is 23.3 Å². The van der Waals surface area contributed by atoms with Gasteiger partial charge in [0.2, 0.25) is 11.8 Å². The number of nitrogens with one attached hydrogen (secondary N) is 1. The molecule has 0 aliphatic carbocycles. The minimum Gasteiger partial charge on any atom is -0.354 e. The van der Waals surface area contributed by atoms with E-state index in [4.69, 9.17) is 23.2 Å². The number of sulfonamides is 1. The van der Waals surface area contributed by atoms with Crippen molar-refractivity contribution in [2.45, 2.75) is 51.6 Å². The van der Waals surface area contributed by atoms with Crippen LogP contribution in [-0.4, -0.2) is 44.3 Å². The number of carbonyl (C=O) groups is 2. The maximum Gasteiger partial charge on any atom is 0.264 e. The van der Waals surface area contributed by atoms with Crippen LogP contribution in [0, 0.1) is 5.92 Å². The molecule has 0 aromatic heterocycles. The number of anilines is 1. The molecule has 10 heteroatoms. The summed E-state index contributed by atoms with van der Waals surface area (Å²) in [6.07, 6.45) is 0.562. The van der Waals surface area contributed by atoms with Crippen LogP contribution in [-0.2, 0) is 32.6 Å². The van der Waals surface area contributed by atoms with Crippen molar-refractivity contribution >= 4 is 50.7 Å². The Hall–Kier alpha value is -3.07. The molecular weight excluding hydrogens is 569 g/mol. The van der Waals surface area contributed by atoms with E-state index in [1.54, 1.807) is 55.5 Å². The maximum absolute atomic E-state index is 14.0. The number of halogens is 2. The lowest BCUT2D eigenvalue weighted by atomic mass is 10.1. The number of aryl methyl sites for hydroxylation is 1. The number of hydrogen-bond acceptors (Lipinski definition) is 4. The smallest absolute Gasteiger partial charge is 0.264 e. The molecule has 0 spiro atoms. The van der Waals surface area contributed by atoms with Gasteiger partial charge in [0.1, 0.15) is 12.6 Å². The summed E-state index contributed by atoms with van der Waals surface area (Å²) in [7, 11) is -4.12. The van der Waals surface area contributed by atoms with Crippen LogP contribution in [0.1, 0.15) is 38.8 Å². The summed E-state index contributed by atoms with van der Waals surface area (Å²) >= 11 is 12.3. The second-order valence-electron chi connectivity index (χ2n) is 9.89. The summed E-state index contributed by atoms with van der Waals surface area (Å²) in [5.74, 6) is -0.662. The standard InChI is InChI=1S/C30H35Cl2N3O4S/c1-5-24-11-9-10-14-28(24)35(40(38,39)25-12-7-6-8-13-25)20-29(36)34(22(4)30(37)33-18-21(2)3)19-23-15-16-26(31)27(32)17-23/h6-17,21-22H,5,18-20H2,1-4H3,(H,33,37)/t22-/m1/s1. The van der Waals surface area contributed by atoms with E-state index in [9.17, 15) is 18.0 Å². The zero-order valence-electron chi connectivity index (χ0n) is 23.1. The van der Waals surface area contributed by atoms with Crippen molar-refractivity contribution in [3.63, 3.8) is 0 Å². The van der Waals surface area contributed by atoms with Gasteiger partial charge < -0.3 is 10.2 Å². The van der Waals surface area contributed by atoms with Gasteiger partial charge in [0.15, 0.2) is 0 Å². The van der Waals surface area contributed by atoms with Crippen molar-refractivity contribution in [3.05, 3.63) is 94.0 Å². The van der Waals surface area contributed by atoms with E-state index in [1.807, 2.05) is 32.9 Å². The number of carbonyl (C=O) groups excluding carboxylic acids is 2. The van der Waals surface area contributed by atoms with Gasteiger partial charge in [-0.3, -0.25) is 13.9 Å². The van der Waals surface area contributed by atoms with Crippen molar-refractivity contribution in [2.75, 3.05) is 17.4 Å². The van der Waals surface area contributed by atoms with Gasteiger partial charge in [0, 0.05) is 13.1 Å². The molecule has 0 unspecified atom stereocenters. The van der Waals surface area contributed by atoms with Gasteiger partial charge in [-0.15, -0.1) is 0 Å². The average Bonchev–Trinajstić information content (AvgIpc) is 2.95. The van der Waals surface area contributed by atoms with Gasteiger partial charge >= 0.3 is 0 Å². The quantitative estimate of drug-likeness (QED) is 0.277. The van der Waals surface area contributed by atoms with Crippen molar-refractivity contribution < 1.29 is 18.0 Å². The normalized spacial score (nSPS) is 12.2. The molecule has 40 heavy (non-hydrogen) atoms. The monoisotopic (exact) mass is 603 g/mol. The van der Waals surface area contributed by atoms with Gasteiger partial charge in [0.05, 0.1) is 20.6 Å². The Morgan fingerprint density at radius 1 is 0.900 bits per heavy atom. The molecule has 7 nitrogen and oxygen atoms in total. The molecular formula is C30H35Cl2N3O4S. The van der Waals surface area contributed by atoms with E-state index in [1.165, 1.54) is 17.0 Å². The molecule has 3 aromatic rings. The van der Waals surface area contributed by atoms with Gasteiger partial charge in [0.25, 0.3) is 10.0 Å². The Labute approximate surface area is 247 Å². The summed E-state index contributed by atoms with van der Waals surface area (Å²) in [6.45, 7) is 7.46. The summed E-state index contributed by atoms with van der Waals surface area (Å²) in [6, 6.07) is 19.2. The molecule has 3 aromatic carbocycles. The second kappa shape index (κ2) is 14.0. The third-order valence-electron chi connectivity index (χ3n) is 6.44. The van der Waals surface area contributed by atoms with E-state index in [0.29, 0.717) is 34.3 Å². The maximum atomic E-state index is 14.0. The molecule has 0 radical (unpaired) electrons. The fourth-order valence-electron chi connectivity index (χ4n) is 4.16. The Bertz CT molecular complexity index is 1430. The van der Waals surface area contributed by atoms with Crippen molar-refractivity contribution in [2.24, 2.45) is 5.92 Å². The third-order valence-corrected chi connectivity index (χ3v) is 8.95. The molecule has 0 saturated heterocycles. The zero-order valence-corrected chi connectivity index (χ0v) is 25.4. The number of benzene rings is 3. The second-order valence-corrected chi connectivity index (χ2v) is 12.6. The van der Waals surface area contributed by atoms with Crippen LogP contribution < -0.4 is 9.62 Å². The predicted molar refractivity (Wildman–Crippen MR) is 161 cm³/mol. The van der Waals surface area contributed by atoms with E-state index < -0.39 is 28.5 Å². The first kappa shape index (κ1) is 31.5.